The SMILES string of the molecule is c1cn(Cc2nc(-c3ccc4c(c3)OCO4)c3cc4c(cc3n2)OCO4)cn1. The first-order chi connectivity index (χ1) is 13.8. The normalized spacial score (nSPS) is 14.0. The van der Waals surface area contributed by atoms with Gasteiger partial charge in [0.2, 0.25) is 13.6 Å². The molecule has 0 N–H and O–H groups in total. The summed E-state index contributed by atoms with van der Waals surface area (Å²) in [6.45, 7) is 0.955. The second-order valence-corrected chi connectivity index (χ2v) is 6.51. The van der Waals surface area contributed by atoms with E-state index >= 15 is 0 Å². The van der Waals surface area contributed by atoms with Crippen molar-refractivity contribution < 1.29 is 18.9 Å². The Bertz CT molecular complexity index is 1210. The van der Waals surface area contributed by atoms with Crippen molar-refractivity contribution in [3.63, 3.8) is 0 Å². The predicted molar refractivity (Wildman–Crippen MR) is 98.5 cm³/mol. The lowest BCUT2D eigenvalue weighted by Gasteiger charge is -2.11. The molecule has 0 aliphatic carbocycles. The Morgan fingerprint density at radius 2 is 1.64 bits per heavy atom. The van der Waals surface area contributed by atoms with Crippen LogP contribution in [0.2, 0.25) is 0 Å². The molecule has 0 bridgehead atoms. The van der Waals surface area contributed by atoms with E-state index in [0.29, 0.717) is 29.6 Å². The molecular weight excluding hydrogens is 360 g/mol. The largest absolute Gasteiger partial charge is 0.454 e. The van der Waals surface area contributed by atoms with Gasteiger partial charge in [0.1, 0.15) is 5.82 Å². The van der Waals surface area contributed by atoms with E-state index < -0.39 is 0 Å². The van der Waals surface area contributed by atoms with Gasteiger partial charge >= 0.3 is 0 Å². The summed E-state index contributed by atoms with van der Waals surface area (Å²) in [6.07, 6.45) is 5.36. The van der Waals surface area contributed by atoms with Gasteiger partial charge in [-0.15, -0.1) is 0 Å². The molecule has 0 spiro atoms. The number of rotatable bonds is 3. The van der Waals surface area contributed by atoms with Crippen molar-refractivity contribution in [3.8, 4) is 34.3 Å². The van der Waals surface area contributed by atoms with Crippen molar-refractivity contribution in [2.24, 2.45) is 0 Å². The fraction of sp³-hybridized carbons (Fsp3) is 0.150. The third kappa shape index (κ3) is 2.42. The Hall–Kier alpha value is -3.81. The summed E-state index contributed by atoms with van der Waals surface area (Å²) in [5.74, 6) is 3.51. The molecule has 0 atom stereocenters. The summed E-state index contributed by atoms with van der Waals surface area (Å²) in [5.41, 5.74) is 2.51. The topological polar surface area (TPSA) is 80.5 Å². The maximum absolute atomic E-state index is 5.55. The van der Waals surface area contributed by atoms with E-state index in [-0.39, 0.29) is 13.6 Å². The van der Waals surface area contributed by atoms with E-state index in [2.05, 4.69) is 4.98 Å². The van der Waals surface area contributed by atoms with Crippen molar-refractivity contribution in [2.45, 2.75) is 6.54 Å². The van der Waals surface area contributed by atoms with Crippen LogP contribution in [0.25, 0.3) is 22.2 Å². The molecule has 0 unspecified atom stereocenters. The summed E-state index contributed by atoms with van der Waals surface area (Å²) < 4.78 is 24.0. The third-order valence-corrected chi connectivity index (χ3v) is 4.77. The number of aromatic nitrogens is 4. The fourth-order valence-corrected chi connectivity index (χ4v) is 3.44. The van der Waals surface area contributed by atoms with Gasteiger partial charge in [-0.05, 0) is 24.3 Å². The lowest BCUT2D eigenvalue weighted by atomic mass is 10.0. The Morgan fingerprint density at radius 1 is 0.857 bits per heavy atom. The maximum Gasteiger partial charge on any atom is 0.231 e. The molecule has 0 saturated heterocycles. The van der Waals surface area contributed by atoms with E-state index in [1.807, 2.05) is 41.1 Å². The van der Waals surface area contributed by atoms with Gasteiger partial charge in [0.25, 0.3) is 0 Å². The van der Waals surface area contributed by atoms with E-state index in [4.69, 9.17) is 28.9 Å². The van der Waals surface area contributed by atoms with E-state index in [0.717, 1.165) is 27.9 Å². The lowest BCUT2D eigenvalue weighted by Crippen LogP contribution is -2.04. The van der Waals surface area contributed by atoms with Gasteiger partial charge in [-0.1, -0.05) is 0 Å². The lowest BCUT2D eigenvalue weighted by molar-refractivity contribution is 0.173. The van der Waals surface area contributed by atoms with Crippen molar-refractivity contribution in [2.75, 3.05) is 13.6 Å². The number of benzene rings is 2. The van der Waals surface area contributed by atoms with Crippen molar-refractivity contribution in [3.05, 3.63) is 54.9 Å². The van der Waals surface area contributed by atoms with Crippen LogP contribution < -0.4 is 18.9 Å². The van der Waals surface area contributed by atoms with Crippen LogP contribution in [0.3, 0.4) is 0 Å². The fourth-order valence-electron chi connectivity index (χ4n) is 3.44. The Kier molecular flexibility index (Phi) is 3.19. The molecule has 0 radical (unpaired) electrons. The van der Waals surface area contributed by atoms with Gasteiger partial charge in [-0.2, -0.15) is 0 Å². The quantitative estimate of drug-likeness (QED) is 0.545. The van der Waals surface area contributed by atoms with Crippen molar-refractivity contribution in [1.29, 1.82) is 0 Å². The molecule has 2 aliphatic rings. The van der Waals surface area contributed by atoms with Gasteiger partial charge in [0.05, 0.1) is 24.1 Å². The number of hydrogen-bond acceptors (Lipinski definition) is 7. The van der Waals surface area contributed by atoms with Crippen LogP contribution in [0.1, 0.15) is 5.82 Å². The molecule has 0 amide bonds. The zero-order valence-electron chi connectivity index (χ0n) is 14.7. The minimum absolute atomic E-state index is 0.209. The first-order valence-electron chi connectivity index (χ1n) is 8.79. The van der Waals surface area contributed by atoms with Crippen LogP contribution >= 0.6 is 0 Å². The number of imidazole rings is 1. The minimum Gasteiger partial charge on any atom is -0.454 e. The first-order valence-corrected chi connectivity index (χ1v) is 8.79. The highest BCUT2D eigenvalue weighted by Crippen LogP contribution is 2.41. The summed E-state index contributed by atoms with van der Waals surface area (Å²) in [5, 5.41) is 0.887. The van der Waals surface area contributed by atoms with Gasteiger partial charge in [-0.25, -0.2) is 15.0 Å². The van der Waals surface area contributed by atoms with Gasteiger partial charge in [-0.3, -0.25) is 0 Å². The molecule has 0 saturated carbocycles. The molecule has 2 aliphatic heterocycles. The highest BCUT2D eigenvalue weighted by Gasteiger charge is 2.20. The molecule has 138 valence electrons. The van der Waals surface area contributed by atoms with Crippen molar-refractivity contribution >= 4 is 10.9 Å². The Labute approximate surface area is 159 Å². The average Bonchev–Trinajstić information content (AvgIpc) is 3.46. The smallest absolute Gasteiger partial charge is 0.231 e. The summed E-state index contributed by atoms with van der Waals surface area (Å²) >= 11 is 0. The molecular formula is C20H14N4O4. The van der Waals surface area contributed by atoms with Crippen LogP contribution in [0, 0.1) is 0 Å². The second kappa shape index (κ2) is 5.85. The van der Waals surface area contributed by atoms with Crippen LogP contribution in [0.4, 0.5) is 0 Å². The van der Waals surface area contributed by atoms with Crippen LogP contribution in [0.15, 0.2) is 49.1 Å². The van der Waals surface area contributed by atoms with Crippen LogP contribution in [-0.2, 0) is 6.54 Å². The van der Waals surface area contributed by atoms with Gasteiger partial charge in [0, 0.05) is 29.4 Å². The molecule has 0 fully saturated rings. The third-order valence-electron chi connectivity index (χ3n) is 4.77. The van der Waals surface area contributed by atoms with E-state index in [1.165, 1.54) is 0 Å². The average molecular weight is 374 g/mol. The second-order valence-electron chi connectivity index (χ2n) is 6.51. The zero-order valence-corrected chi connectivity index (χ0v) is 14.7. The summed E-state index contributed by atoms with van der Waals surface area (Å²) in [4.78, 5) is 13.7. The molecule has 4 heterocycles. The number of hydrogen-bond donors (Lipinski definition) is 0. The number of nitrogens with zero attached hydrogens (tertiary/aromatic N) is 4. The molecule has 8 nitrogen and oxygen atoms in total. The number of ether oxygens (including phenoxy) is 4. The van der Waals surface area contributed by atoms with Crippen LogP contribution in [0.5, 0.6) is 23.0 Å². The van der Waals surface area contributed by atoms with E-state index in [9.17, 15) is 0 Å². The van der Waals surface area contributed by atoms with Crippen LogP contribution in [-0.4, -0.2) is 33.1 Å². The summed E-state index contributed by atoms with van der Waals surface area (Å²) in [7, 11) is 0. The zero-order chi connectivity index (χ0) is 18.5. The molecule has 8 heteroatoms. The number of fused-ring (bicyclic) bond motifs is 3. The summed E-state index contributed by atoms with van der Waals surface area (Å²) in [6, 6.07) is 9.64. The van der Waals surface area contributed by atoms with Gasteiger partial charge in [0.15, 0.2) is 23.0 Å². The molecule has 2 aromatic heterocycles. The molecule has 4 aromatic rings. The highest BCUT2D eigenvalue weighted by molar-refractivity contribution is 5.95. The molecule has 28 heavy (non-hydrogen) atoms. The Balaban J connectivity index is 1.56. The predicted octanol–water partition coefficient (Wildman–Crippen LogP) is 3.00. The van der Waals surface area contributed by atoms with E-state index in [1.54, 1.807) is 12.5 Å². The first kappa shape index (κ1) is 15.3. The standard InChI is InChI=1S/C20H14N4O4/c1-2-15-16(26-10-25-15)5-12(1)20-13-6-17-18(28-11-27-17)7-14(13)22-19(23-20)8-24-4-3-21-9-24/h1-7,9H,8,10-11H2. The van der Waals surface area contributed by atoms with Gasteiger partial charge < -0.3 is 23.5 Å². The maximum atomic E-state index is 5.55. The highest BCUT2D eigenvalue weighted by atomic mass is 16.7. The monoisotopic (exact) mass is 374 g/mol. The Morgan fingerprint density at radius 3 is 2.46 bits per heavy atom. The minimum atomic E-state index is 0.209. The molecule has 2 aromatic carbocycles. The molecule has 6 rings (SSSR count). The van der Waals surface area contributed by atoms with Crippen molar-refractivity contribution in [1.82, 2.24) is 19.5 Å².